The summed E-state index contributed by atoms with van der Waals surface area (Å²) in [7, 11) is 0. The van der Waals surface area contributed by atoms with Crippen LogP contribution in [0.3, 0.4) is 0 Å². The molecule has 1 aliphatic rings. The molecule has 22 heavy (non-hydrogen) atoms. The molecule has 0 fully saturated rings. The molecule has 0 bridgehead atoms. The zero-order valence-electron chi connectivity index (χ0n) is 11.8. The van der Waals surface area contributed by atoms with Crippen molar-refractivity contribution < 1.29 is 0 Å². The number of aromatic nitrogens is 1. The number of nitrogens with zero attached hydrogens (tertiary/aromatic N) is 2. The first-order valence-electron chi connectivity index (χ1n) is 6.91. The van der Waals surface area contributed by atoms with E-state index in [1.165, 1.54) is 5.56 Å². The van der Waals surface area contributed by atoms with Gasteiger partial charge in [0.15, 0.2) is 0 Å². The first kappa shape index (κ1) is 14.4. The number of amidine groups is 1. The molecular weight excluding hydrogens is 296 g/mol. The zero-order valence-corrected chi connectivity index (χ0v) is 12.6. The van der Waals surface area contributed by atoms with Gasteiger partial charge in [-0.1, -0.05) is 48.5 Å². The molecule has 0 saturated carbocycles. The van der Waals surface area contributed by atoms with Crippen molar-refractivity contribution in [3.8, 4) is 0 Å². The summed E-state index contributed by atoms with van der Waals surface area (Å²) in [6.45, 7) is 0. The van der Waals surface area contributed by atoms with Crippen LogP contribution in [0.1, 0.15) is 5.56 Å². The molecule has 0 unspecified atom stereocenters. The molecule has 110 valence electrons. The van der Waals surface area contributed by atoms with Gasteiger partial charge >= 0.3 is 0 Å². The number of nitrogens with one attached hydrogen (secondary N) is 2. The average molecular weight is 311 g/mol. The van der Waals surface area contributed by atoms with E-state index in [0.29, 0.717) is 0 Å². The lowest BCUT2D eigenvalue weighted by molar-refractivity contribution is 1.04. The second-order valence-corrected chi connectivity index (χ2v) is 5.01. The van der Waals surface area contributed by atoms with Gasteiger partial charge in [-0.3, -0.25) is 15.8 Å². The lowest BCUT2D eigenvalue weighted by atomic mass is 10.1. The Morgan fingerprint density at radius 1 is 0.864 bits per heavy atom. The predicted octanol–water partition coefficient (Wildman–Crippen LogP) is 3.86. The minimum Gasteiger partial charge on any atom is -0.297 e. The van der Waals surface area contributed by atoms with E-state index in [0.717, 1.165) is 34.5 Å². The van der Waals surface area contributed by atoms with E-state index in [2.05, 4.69) is 33.0 Å². The fourth-order valence-electron chi connectivity index (χ4n) is 2.53. The number of hydrazine groups is 1. The third-order valence-corrected chi connectivity index (χ3v) is 3.56. The largest absolute Gasteiger partial charge is 0.297 e. The van der Waals surface area contributed by atoms with Crippen LogP contribution in [0.25, 0.3) is 10.9 Å². The van der Waals surface area contributed by atoms with E-state index in [9.17, 15) is 0 Å². The number of anilines is 1. The number of benzene rings is 2. The summed E-state index contributed by atoms with van der Waals surface area (Å²) in [5.41, 5.74) is 10.5. The van der Waals surface area contributed by atoms with Crippen molar-refractivity contribution >= 4 is 40.5 Å². The highest BCUT2D eigenvalue weighted by atomic mass is 35.5. The number of hydrogen-bond donors (Lipinski definition) is 2. The highest BCUT2D eigenvalue weighted by Gasteiger charge is 2.14. The van der Waals surface area contributed by atoms with E-state index >= 15 is 0 Å². The molecule has 0 spiro atoms. The van der Waals surface area contributed by atoms with Crippen LogP contribution in [0.5, 0.6) is 0 Å². The summed E-state index contributed by atoms with van der Waals surface area (Å²) in [4.78, 5) is 9.13. The van der Waals surface area contributed by atoms with Gasteiger partial charge in [-0.05, 0) is 11.6 Å². The third-order valence-electron chi connectivity index (χ3n) is 3.56. The standard InChI is InChI=1S/C17H14N4.ClH/c1-2-6-12(7-3-1)10-16-19-15-11-18-14-9-5-4-8-13(14)17(15)21-20-16;/h1-9,11,21H,10H2,(H,19,20);1H. The number of halogens is 1. The second kappa shape index (κ2) is 6.03. The Labute approximate surface area is 134 Å². The molecule has 1 aromatic heterocycles. The van der Waals surface area contributed by atoms with Crippen molar-refractivity contribution in [2.75, 3.05) is 5.43 Å². The maximum atomic E-state index is 4.67. The fraction of sp³-hybridized carbons (Fsp3) is 0.0588. The summed E-state index contributed by atoms with van der Waals surface area (Å²) in [5.74, 6) is 0.894. The molecule has 2 N–H and O–H groups in total. The maximum absolute atomic E-state index is 4.67. The van der Waals surface area contributed by atoms with Crippen molar-refractivity contribution in [3.63, 3.8) is 0 Å². The van der Waals surface area contributed by atoms with E-state index in [1.807, 2.05) is 48.7 Å². The molecule has 0 aliphatic carbocycles. The molecule has 0 radical (unpaired) electrons. The maximum Gasteiger partial charge on any atom is 0.125 e. The SMILES string of the molecule is Cl.c1ccc(CC2=Nc3cnc4ccccc4c3NN2)cc1. The van der Waals surface area contributed by atoms with Crippen LogP contribution in [-0.4, -0.2) is 10.8 Å². The van der Waals surface area contributed by atoms with E-state index in [4.69, 9.17) is 0 Å². The fourth-order valence-corrected chi connectivity index (χ4v) is 2.53. The molecule has 2 aromatic carbocycles. The molecule has 1 aliphatic heterocycles. The molecular formula is C17H15ClN4. The van der Waals surface area contributed by atoms with Crippen LogP contribution in [-0.2, 0) is 6.42 Å². The minimum atomic E-state index is 0. The van der Waals surface area contributed by atoms with Gasteiger partial charge in [0, 0.05) is 11.8 Å². The number of aliphatic imine (C=N–C) groups is 1. The van der Waals surface area contributed by atoms with Crippen molar-refractivity contribution in [2.45, 2.75) is 6.42 Å². The molecule has 0 saturated heterocycles. The van der Waals surface area contributed by atoms with Crippen LogP contribution >= 0.6 is 12.4 Å². The van der Waals surface area contributed by atoms with Crippen molar-refractivity contribution in [1.29, 1.82) is 0 Å². The highest BCUT2D eigenvalue weighted by Crippen LogP contribution is 2.33. The predicted molar refractivity (Wildman–Crippen MR) is 93.0 cm³/mol. The number of hydrogen-bond acceptors (Lipinski definition) is 4. The Hall–Kier alpha value is -2.59. The van der Waals surface area contributed by atoms with Crippen LogP contribution in [0, 0.1) is 0 Å². The van der Waals surface area contributed by atoms with Gasteiger partial charge in [0.2, 0.25) is 0 Å². The normalized spacial score (nSPS) is 12.5. The Morgan fingerprint density at radius 3 is 2.50 bits per heavy atom. The number of rotatable bonds is 2. The molecule has 0 amide bonds. The van der Waals surface area contributed by atoms with Gasteiger partial charge in [-0.15, -0.1) is 12.4 Å². The quantitative estimate of drug-likeness (QED) is 0.755. The second-order valence-electron chi connectivity index (χ2n) is 5.01. The van der Waals surface area contributed by atoms with Crippen molar-refractivity contribution in [2.24, 2.45) is 4.99 Å². The molecule has 5 heteroatoms. The number of fused-ring (bicyclic) bond motifs is 3. The van der Waals surface area contributed by atoms with Crippen LogP contribution in [0.15, 0.2) is 65.8 Å². The molecule has 2 heterocycles. The molecule has 3 aromatic rings. The van der Waals surface area contributed by atoms with Crippen LogP contribution in [0.4, 0.5) is 11.4 Å². The smallest absolute Gasteiger partial charge is 0.125 e. The molecule has 0 atom stereocenters. The zero-order chi connectivity index (χ0) is 14.1. The van der Waals surface area contributed by atoms with Crippen molar-refractivity contribution in [1.82, 2.24) is 10.4 Å². The molecule has 4 rings (SSSR count). The van der Waals surface area contributed by atoms with Gasteiger partial charge in [0.25, 0.3) is 0 Å². The highest BCUT2D eigenvalue weighted by molar-refractivity contribution is 6.02. The Kier molecular flexibility index (Phi) is 3.94. The summed E-state index contributed by atoms with van der Waals surface area (Å²) < 4.78 is 0. The minimum absolute atomic E-state index is 0. The van der Waals surface area contributed by atoms with Crippen molar-refractivity contribution in [3.05, 3.63) is 66.4 Å². The van der Waals surface area contributed by atoms with E-state index in [-0.39, 0.29) is 12.4 Å². The summed E-state index contributed by atoms with van der Waals surface area (Å²) >= 11 is 0. The first-order valence-corrected chi connectivity index (χ1v) is 6.91. The Balaban J connectivity index is 0.00000144. The summed E-state index contributed by atoms with van der Waals surface area (Å²) in [5, 5.41) is 1.07. The van der Waals surface area contributed by atoms with Gasteiger partial charge in [0.05, 0.1) is 17.4 Å². The van der Waals surface area contributed by atoms with Gasteiger partial charge in [0.1, 0.15) is 11.5 Å². The first-order chi connectivity index (χ1) is 10.4. The lowest BCUT2D eigenvalue weighted by Crippen LogP contribution is -2.33. The topological polar surface area (TPSA) is 49.3 Å². The third kappa shape index (κ3) is 2.61. The van der Waals surface area contributed by atoms with Crippen LogP contribution in [0.2, 0.25) is 0 Å². The van der Waals surface area contributed by atoms with Crippen LogP contribution < -0.4 is 10.9 Å². The summed E-state index contributed by atoms with van der Waals surface area (Å²) in [6.07, 6.45) is 2.58. The monoisotopic (exact) mass is 310 g/mol. The van der Waals surface area contributed by atoms with Gasteiger partial charge < -0.3 is 0 Å². The number of pyridine rings is 1. The lowest BCUT2D eigenvalue weighted by Gasteiger charge is -2.20. The summed E-state index contributed by atoms with van der Waals surface area (Å²) in [6, 6.07) is 18.3. The van der Waals surface area contributed by atoms with Gasteiger partial charge in [-0.25, -0.2) is 4.99 Å². The average Bonchev–Trinajstić information content (AvgIpc) is 2.55. The van der Waals surface area contributed by atoms with Gasteiger partial charge in [-0.2, -0.15) is 0 Å². The Bertz CT molecular complexity index is 830. The number of para-hydroxylation sites is 1. The molecule has 4 nitrogen and oxygen atoms in total. The van der Waals surface area contributed by atoms with E-state index in [1.54, 1.807) is 0 Å². The van der Waals surface area contributed by atoms with E-state index < -0.39 is 0 Å². The Morgan fingerprint density at radius 2 is 1.64 bits per heavy atom.